The van der Waals surface area contributed by atoms with Crippen LogP contribution in [0, 0.1) is 0 Å². The van der Waals surface area contributed by atoms with Crippen molar-refractivity contribution >= 4 is 17.5 Å². The lowest BCUT2D eigenvalue weighted by molar-refractivity contribution is -0.118. The molecule has 2 heterocycles. The molecule has 0 saturated heterocycles. The van der Waals surface area contributed by atoms with Gasteiger partial charge in [-0.05, 0) is 43.7 Å². The molecule has 0 bridgehead atoms. The zero-order valence-electron chi connectivity index (χ0n) is 12.8. The molecule has 0 saturated carbocycles. The van der Waals surface area contributed by atoms with E-state index < -0.39 is 0 Å². The van der Waals surface area contributed by atoms with Gasteiger partial charge in [-0.25, -0.2) is 0 Å². The van der Waals surface area contributed by atoms with Crippen molar-refractivity contribution in [1.29, 1.82) is 0 Å². The topological polar surface area (TPSA) is 80.6 Å². The van der Waals surface area contributed by atoms with Crippen LogP contribution in [0.1, 0.15) is 29.5 Å². The molecule has 1 aromatic heterocycles. The van der Waals surface area contributed by atoms with Crippen LogP contribution >= 0.6 is 0 Å². The van der Waals surface area contributed by atoms with Gasteiger partial charge in [0.25, 0.3) is 11.8 Å². The molecular formula is C17H18N2O4. The molecular weight excluding hydrogens is 296 g/mol. The predicted molar refractivity (Wildman–Crippen MR) is 84.5 cm³/mol. The standard InChI is InChI=1S/C17H18N2O4/c1-11(4-6-13-3-2-8-22-13)18-17(21)12-5-7-15-14(9-12)19-16(20)10-23-15/h2-3,5,7-9,11H,4,6,10H2,1H3,(H,18,21)(H,19,20)/t11-/m1/s1. The molecule has 0 radical (unpaired) electrons. The van der Waals surface area contributed by atoms with Gasteiger partial charge in [0, 0.05) is 18.0 Å². The summed E-state index contributed by atoms with van der Waals surface area (Å²) < 4.78 is 10.6. The van der Waals surface area contributed by atoms with Gasteiger partial charge in [0.15, 0.2) is 6.61 Å². The largest absolute Gasteiger partial charge is 0.482 e. The lowest BCUT2D eigenvalue weighted by Crippen LogP contribution is -2.33. The molecule has 3 rings (SSSR count). The van der Waals surface area contributed by atoms with Crippen LogP contribution < -0.4 is 15.4 Å². The highest BCUT2D eigenvalue weighted by molar-refractivity contribution is 5.99. The molecule has 23 heavy (non-hydrogen) atoms. The number of hydrogen-bond acceptors (Lipinski definition) is 4. The van der Waals surface area contributed by atoms with Crippen molar-refractivity contribution in [2.45, 2.75) is 25.8 Å². The minimum atomic E-state index is -0.220. The Kier molecular flexibility index (Phi) is 4.32. The number of benzene rings is 1. The molecule has 2 aromatic rings. The van der Waals surface area contributed by atoms with Crippen molar-refractivity contribution < 1.29 is 18.7 Å². The number of fused-ring (bicyclic) bond motifs is 1. The molecule has 1 aromatic carbocycles. The third-order valence-corrected chi connectivity index (χ3v) is 3.66. The highest BCUT2D eigenvalue weighted by Crippen LogP contribution is 2.28. The molecule has 120 valence electrons. The fraction of sp³-hybridized carbons (Fsp3) is 0.294. The summed E-state index contributed by atoms with van der Waals surface area (Å²) in [6.45, 7) is 1.95. The van der Waals surface area contributed by atoms with E-state index in [9.17, 15) is 9.59 Å². The van der Waals surface area contributed by atoms with E-state index in [4.69, 9.17) is 9.15 Å². The minimum absolute atomic E-state index is 0.00234. The Balaban J connectivity index is 1.59. The normalized spacial score (nSPS) is 14.4. The van der Waals surface area contributed by atoms with Gasteiger partial charge in [0.05, 0.1) is 12.0 Å². The van der Waals surface area contributed by atoms with Crippen molar-refractivity contribution in [3.05, 3.63) is 47.9 Å². The number of nitrogens with one attached hydrogen (secondary N) is 2. The molecule has 0 fully saturated rings. The number of furan rings is 1. The van der Waals surface area contributed by atoms with Crippen LogP contribution in [0.5, 0.6) is 5.75 Å². The number of carbonyl (C=O) groups is 2. The van der Waals surface area contributed by atoms with E-state index >= 15 is 0 Å². The van der Waals surface area contributed by atoms with Gasteiger partial charge in [0.2, 0.25) is 0 Å². The van der Waals surface area contributed by atoms with Gasteiger partial charge in [0.1, 0.15) is 11.5 Å². The fourth-order valence-electron chi connectivity index (χ4n) is 2.42. The quantitative estimate of drug-likeness (QED) is 0.888. The van der Waals surface area contributed by atoms with E-state index in [2.05, 4.69) is 10.6 Å². The van der Waals surface area contributed by atoms with Gasteiger partial charge < -0.3 is 19.8 Å². The molecule has 0 spiro atoms. The predicted octanol–water partition coefficient (Wildman–Crippen LogP) is 2.36. The van der Waals surface area contributed by atoms with E-state index in [1.165, 1.54) is 0 Å². The Morgan fingerprint density at radius 2 is 2.26 bits per heavy atom. The molecule has 1 aliphatic rings. The Morgan fingerprint density at radius 3 is 3.04 bits per heavy atom. The molecule has 6 heteroatoms. The van der Waals surface area contributed by atoms with Crippen molar-refractivity contribution in [2.24, 2.45) is 0 Å². The van der Waals surface area contributed by atoms with Crippen molar-refractivity contribution in [3.8, 4) is 5.75 Å². The average Bonchev–Trinajstić information content (AvgIpc) is 3.05. The number of anilines is 1. The third-order valence-electron chi connectivity index (χ3n) is 3.66. The van der Waals surface area contributed by atoms with E-state index in [0.717, 1.165) is 18.6 Å². The van der Waals surface area contributed by atoms with Gasteiger partial charge in [-0.15, -0.1) is 0 Å². The van der Waals surface area contributed by atoms with Crippen LogP contribution in [0.3, 0.4) is 0 Å². The van der Waals surface area contributed by atoms with Crippen molar-refractivity contribution in [3.63, 3.8) is 0 Å². The van der Waals surface area contributed by atoms with E-state index in [1.54, 1.807) is 24.5 Å². The van der Waals surface area contributed by atoms with E-state index in [1.807, 2.05) is 19.1 Å². The smallest absolute Gasteiger partial charge is 0.262 e. The Labute approximate surface area is 133 Å². The van der Waals surface area contributed by atoms with Crippen LogP contribution in [0.25, 0.3) is 0 Å². The summed E-state index contributed by atoms with van der Waals surface area (Å²) in [5.74, 6) is 1.08. The second-order valence-corrected chi connectivity index (χ2v) is 5.54. The van der Waals surface area contributed by atoms with Gasteiger partial charge in [-0.2, -0.15) is 0 Å². The summed E-state index contributed by atoms with van der Waals surface area (Å²) in [7, 11) is 0. The first-order valence-corrected chi connectivity index (χ1v) is 7.52. The summed E-state index contributed by atoms with van der Waals surface area (Å²) >= 11 is 0. The maximum absolute atomic E-state index is 12.3. The zero-order valence-corrected chi connectivity index (χ0v) is 12.8. The van der Waals surface area contributed by atoms with Crippen molar-refractivity contribution in [2.75, 3.05) is 11.9 Å². The SMILES string of the molecule is C[C@H](CCc1ccco1)NC(=O)c1ccc2c(c1)NC(=O)CO2. The summed E-state index contributed by atoms with van der Waals surface area (Å²) in [6.07, 6.45) is 3.19. The monoisotopic (exact) mass is 314 g/mol. The van der Waals surface area contributed by atoms with Gasteiger partial charge in [-0.3, -0.25) is 9.59 Å². The Bertz CT molecular complexity index is 709. The second kappa shape index (κ2) is 6.56. The Morgan fingerprint density at radius 1 is 1.39 bits per heavy atom. The molecule has 1 aliphatic heterocycles. The lowest BCUT2D eigenvalue weighted by atomic mass is 10.1. The summed E-state index contributed by atoms with van der Waals surface area (Å²) in [5, 5.41) is 5.64. The first kappa shape index (κ1) is 15.1. The highest BCUT2D eigenvalue weighted by atomic mass is 16.5. The van der Waals surface area contributed by atoms with Crippen LogP contribution in [0.15, 0.2) is 41.0 Å². The molecule has 2 N–H and O–H groups in total. The fourth-order valence-corrected chi connectivity index (χ4v) is 2.42. The molecule has 6 nitrogen and oxygen atoms in total. The van der Waals surface area contributed by atoms with Gasteiger partial charge >= 0.3 is 0 Å². The minimum Gasteiger partial charge on any atom is -0.482 e. The highest BCUT2D eigenvalue weighted by Gasteiger charge is 2.18. The zero-order chi connectivity index (χ0) is 16.2. The molecule has 1 atom stereocenters. The maximum atomic E-state index is 12.3. The van der Waals surface area contributed by atoms with Crippen LogP contribution in [-0.4, -0.2) is 24.5 Å². The first-order valence-electron chi connectivity index (χ1n) is 7.52. The Hall–Kier alpha value is -2.76. The number of ether oxygens (including phenoxy) is 1. The number of amides is 2. The molecule has 0 aliphatic carbocycles. The third kappa shape index (κ3) is 3.71. The molecule has 2 amide bonds. The summed E-state index contributed by atoms with van der Waals surface area (Å²) in [4.78, 5) is 23.6. The summed E-state index contributed by atoms with van der Waals surface area (Å²) in [6, 6.07) is 8.78. The van der Waals surface area contributed by atoms with Crippen LogP contribution in [0.4, 0.5) is 5.69 Å². The number of hydrogen-bond donors (Lipinski definition) is 2. The maximum Gasteiger partial charge on any atom is 0.262 e. The molecule has 0 unspecified atom stereocenters. The lowest BCUT2D eigenvalue weighted by Gasteiger charge is -2.19. The van der Waals surface area contributed by atoms with E-state index in [0.29, 0.717) is 17.0 Å². The number of rotatable bonds is 5. The first-order chi connectivity index (χ1) is 11.1. The summed E-state index contributed by atoms with van der Waals surface area (Å²) in [5.41, 5.74) is 1.01. The average molecular weight is 314 g/mol. The van der Waals surface area contributed by atoms with E-state index in [-0.39, 0.29) is 24.5 Å². The number of aryl methyl sites for hydroxylation is 1. The number of carbonyl (C=O) groups excluding carboxylic acids is 2. The van der Waals surface area contributed by atoms with Crippen molar-refractivity contribution in [1.82, 2.24) is 5.32 Å². The van der Waals surface area contributed by atoms with Crippen LogP contribution in [0.2, 0.25) is 0 Å². The van der Waals surface area contributed by atoms with Crippen LogP contribution in [-0.2, 0) is 11.2 Å². The second-order valence-electron chi connectivity index (χ2n) is 5.54. The van der Waals surface area contributed by atoms with Gasteiger partial charge in [-0.1, -0.05) is 0 Å².